The normalized spacial score (nSPS) is 15.8. The zero-order valence-electron chi connectivity index (χ0n) is 26.6. The van der Waals surface area contributed by atoms with Crippen molar-refractivity contribution in [3.05, 3.63) is 81.5 Å². The summed E-state index contributed by atoms with van der Waals surface area (Å²) in [5.41, 5.74) is 5.26. The van der Waals surface area contributed by atoms with Gasteiger partial charge in [-0.15, -0.1) is 0 Å². The van der Waals surface area contributed by atoms with Crippen LogP contribution in [0.3, 0.4) is 0 Å². The minimum atomic E-state index is -1.20. The van der Waals surface area contributed by atoms with Gasteiger partial charge < -0.3 is 48.9 Å². The first kappa shape index (κ1) is 34.0. The van der Waals surface area contributed by atoms with Gasteiger partial charge in [0, 0.05) is 5.70 Å². The molecule has 0 saturated carbocycles. The monoisotopic (exact) mass is 682 g/mol. The molecule has 15 heteroatoms. The summed E-state index contributed by atoms with van der Waals surface area (Å²) in [4.78, 5) is 24.6. The van der Waals surface area contributed by atoms with Gasteiger partial charge >= 0.3 is 12.0 Å². The Labute approximate surface area is 281 Å². The van der Waals surface area contributed by atoms with Crippen LogP contribution in [0.4, 0.5) is 4.79 Å². The summed E-state index contributed by atoms with van der Waals surface area (Å²) in [6.07, 6.45) is 0.263. The van der Waals surface area contributed by atoms with E-state index in [2.05, 4.69) is 21.2 Å². The summed E-state index contributed by atoms with van der Waals surface area (Å²) < 4.78 is 38.7. The molecule has 3 aromatic carbocycles. The second kappa shape index (κ2) is 15.5. The molecule has 0 unspecified atom stereocenters. The smallest absolute Gasteiger partial charge is 0.337 e. The van der Waals surface area contributed by atoms with Crippen molar-refractivity contribution >= 4 is 29.8 Å². The number of urea groups is 1. The van der Waals surface area contributed by atoms with E-state index in [0.29, 0.717) is 63.0 Å². The van der Waals surface area contributed by atoms with E-state index in [1.165, 1.54) is 20.4 Å². The predicted molar refractivity (Wildman–Crippen MR) is 174 cm³/mol. The van der Waals surface area contributed by atoms with Gasteiger partial charge in [-0.25, -0.2) is 9.59 Å². The largest absolute Gasteiger partial charge is 0.493 e. The molecule has 14 nitrogen and oxygen atoms in total. The second-order valence-corrected chi connectivity index (χ2v) is 10.8. The van der Waals surface area contributed by atoms with Crippen molar-refractivity contribution in [2.24, 2.45) is 5.10 Å². The van der Waals surface area contributed by atoms with Crippen LogP contribution in [-0.4, -0.2) is 63.8 Å². The third-order valence-electron chi connectivity index (χ3n) is 7.18. The summed E-state index contributed by atoms with van der Waals surface area (Å²) in [6, 6.07) is 12.6. The van der Waals surface area contributed by atoms with E-state index in [4.69, 9.17) is 44.8 Å². The first-order valence-electron chi connectivity index (χ1n) is 14.8. The minimum absolute atomic E-state index is 0.185. The van der Waals surface area contributed by atoms with Gasteiger partial charge in [0.2, 0.25) is 6.79 Å². The maximum Gasteiger partial charge on any atom is 0.337 e. The number of methoxy groups -OCH3 is 2. The highest BCUT2D eigenvalue weighted by Crippen LogP contribution is 2.38. The number of esters is 1. The number of aliphatic hydroxyl groups excluding tert-OH is 1. The molecule has 5 rings (SSSR count). The number of carbonyl (C=O) groups is 2. The number of hydrogen-bond donors (Lipinski definition) is 4. The van der Waals surface area contributed by atoms with E-state index < -0.39 is 24.3 Å². The molecule has 0 fully saturated rings. The van der Waals surface area contributed by atoms with Gasteiger partial charge in [-0.05, 0) is 66.9 Å². The number of carbonyl (C=O) groups excluding carboxylic acids is 2. The fourth-order valence-electron chi connectivity index (χ4n) is 4.96. The molecular weight excluding hydrogens is 648 g/mol. The highest BCUT2D eigenvalue weighted by molar-refractivity contribution is 6.32. The van der Waals surface area contributed by atoms with E-state index >= 15 is 0 Å². The van der Waals surface area contributed by atoms with Crippen LogP contribution < -0.4 is 44.5 Å². The Morgan fingerprint density at radius 2 is 1.90 bits per heavy atom. The summed E-state index contributed by atoms with van der Waals surface area (Å²) in [6.45, 7) is 3.96. The molecule has 2 heterocycles. The fraction of sp³-hybridized carbons (Fsp3) is 0.303. The Hall–Kier alpha value is -5.34. The van der Waals surface area contributed by atoms with Crippen molar-refractivity contribution in [1.29, 1.82) is 0 Å². The maximum atomic E-state index is 12.5. The molecular formula is C33H35ClN4O10. The van der Waals surface area contributed by atoms with Crippen LogP contribution >= 0.6 is 11.6 Å². The van der Waals surface area contributed by atoms with Crippen LogP contribution in [0.1, 0.15) is 36.6 Å². The number of hydrazone groups is 1. The molecule has 0 radical (unpaired) electrons. The Morgan fingerprint density at radius 3 is 2.67 bits per heavy atom. The van der Waals surface area contributed by atoms with Gasteiger partial charge in [-0.1, -0.05) is 23.7 Å². The number of benzene rings is 3. The van der Waals surface area contributed by atoms with E-state index in [9.17, 15) is 14.7 Å². The highest BCUT2D eigenvalue weighted by Gasteiger charge is 2.32. The first-order chi connectivity index (χ1) is 23.2. The standard InChI is InChI=1S/C33H35ClN4O10/c1-5-44-26-13-21(30-29(32(40)43-4)18(2)36-33(41)37-30)7-9-23(26)45-16-28(39)38-35-14-20-10-22(34)31(27(12-20)42-3)46-15-19-6-8-24-25(11-19)48-17-47-24/h6-14,28,30,38-39H,5,15-17H2,1-4H3,(H2,36,37,41)/b35-14-/t28-,30-/m0/s1. The first-order valence-corrected chi connectivity index (χ1v) is 15.2. The van der Waals surface area contributed by atoms with Crippen LogP contribution in [0.25, 0.3) is 0 Å². The fourth-order valence-corrected chi connectivity index (χ4v) is 5.23. The molecule has 254 valence electrons. The predicted octanol–water partition coefficient (Wildman–Crippen LogP) is 4.18. The van der Waals surface area contributed by atoms with Crippen molar-refractivity contribution in [3.63, 3.8) is 0 Å². The molecule has 3 aromatic rings. The van der Waals surface area contributed by atoms with Gasteiger partial charge in [0.15, 0.2) is 40.7 Å². The van der Waals surface area contributed by atoms with Crippen LogP contribution in [-0.2, 0) is 16.1 Å². The molecule has 2 aliphatic rings. The lowest BCUT2D eigenvalue weighted by atomic mass is 9.95. The van der Waals surface area contributed by atoms with E-state index in [1.807, 2.05) is 18.2 Å². The molecule has 2 atom stereocenters. The highest BCUT2D eigenvalue weighted by atomic mass is 35.5. The Balaban J connectivity index is 1.19. The van der Waals surface area contributed by atoms with Crippen molar-refractivity contribution in [2.75, 3.05) is 34.2 Å². The van der Waals surface area contributed by atoms with Gasteiger partial charge in [-0.2, -0.15) is 5.10 Å². The summed E-state index contributed by atoms with van der Waals surface area (Å²) in [5.74, 6) is 2.20. The zero-order valence-corrected chi connectivity index (χ0v) is 27.4. The number of nitrogens with zero attached hydrogens (tertiary/aromatic N) is 1. The van der Waals surface area contributed by atoms with Gasteiger partial charge in [0.05, 0.1) is 43.7 Å². The Morgan fingerprint density at radius 1 is 1.08 bits per heavy atom. The van der Waals surface area contributed by atoms with Gasteiger partial charge in [0.25, 0.3) is 0 Å². The van der Waals surface area contributed by atoms with E-state index in [1.54, 1.807) is 44.2 Å². The number of hydrogen-bond acceptors (Lipinski definition) is 12. The molecule has 0 spiro atoms. The average Bonchev–Trinajstić information content (AvgIpc) is 3.54. The number of halogens is 1. The number of rotatable bonds is 14. The van der Waals surface area contributed by atoms with E-state index in [0.717, 1.165) is 5.56 Å². The van der Waals surface area contributed by atoms with Gasteiger partial charge in [-0.3, -0.25) is 5.43 Å². The average molecular weight is 683 g/mol. The lowest BCUT2D eigenvalue weighted by Gasteiger charge is -2.28. The van der Waals surface area contributed by atoms with Crippen molar-refractivity contribution < 1.29 is 47.9 Å². The number of amides is 2. The van der Waals surface area contributed by atoms with Crippen molar-refractivity contribution in [3.8, 4) is 34.5 Å². The number of aliphatic hydroxyl groups is 1. The van der Waals surface area contributed by atoms with Crippen LogP contribution in [0.15, 0.2) is 64.9 Å². The molecule has 4 N–H and O–H groups in total. The number of nitrogens with one attached hydrogen (secondary N) is 3. The van der Waals surface area contributed by atoms with Crippen molar-refractivity contribution in [1.82, 2.24) is 16.1 Å². The van der Waals surface area contributed by atoms with Gasteiger partial charge in [0.1, 0.15) is 13.2 Å². The Bertz CT molecular complexity index is 1730. The van der Waals surface area contributed by atoms with Crippen LogP contribution in [0.2, 0.25) is 5.02 Å². The lowest BCUT2D eigenvalue weighted by molar-refractivity contribution is -0.136. The molecule has 0 aliphatic carbocycles. The van der Waals surface area contributed by atoms with Crippen LogP contribution in [0.5, 0.6) is 34.5 Å². The summed E-state index contributed by atoms with van der Waals surface area (Å²) >= 11 is 6.52. The molecule has 0 aromatic heterocycles. The molecule has 2 aliphatic heterocycles. The molecule has 2 amide bonds. The molecule has 0 bridgehead atoms. The zero-order chi connectivity index (χ0) is 34.2. The number of allylic oxidation sites excluding steroid dienone is 1. The summed E-state index contributed by atoms with van der Waals surface area (Å²) in [7, 11) is 2.77. The Kier molecular flexibility index (Phi) is 11.0. The van der Waals surface area contributed by atoms with E-state index in [-0.39, 0.29) is 25.6 Å². The number of ether oxygens (including phenoxy) is 7. The summed E-state index contributed by atoms with van der Waals surface area (Å²) in [5, 5.41) is 20.2. The maximum absolute atomic E-state index is 12.5. The second-order valence-electron chi connectivity index (χ2n) is 10.4. The SMILES string of the molecule is CCOc1cc([C@@H]2NC(=O)NC(C)=C2C(=O)OC)ccc1OC[C@H](O)N/N=C\c1cc(Cl)c(OCc2ccc3c(c2)OCO3)c(OC)c1. The molecule has 48 heavy (non-hydrogen) atoms. The topological polar surface area (TPSA) is 167 Å². The third-order valence-corrected chi connectivity index (χ3v) is 7.46. The number of fused-ring (bicyclic) bond motifs is 1. The van der Waals surface area contributed by atoms with Crippen LogP contribution in [0, 0.1) is 0 Å². The third kappa shape index (κ3) is 7.96. The lowest BCUT2D eigenvalue weighted by Crippen LogP contribution is -2.45. The van der Waals surface area contributed by atoms with Crippen molar-refractivity contribution in [2.45, 2.75) is 32.7 Å². The minimum Gasteiger partial charge on any atom is -0.493 e. The molecule has 0 saturated heterocycles. The quantitative estimate of drug-likeness (QED) is 0.0834.